The van der Waals surface area contributed by atoms with Crippen LogP contribution in [0.15, 0.2) is 59.5 Å². The minimum absolute atomic E-state index is 0.0247. The fourth-order valence-electron chi connectivity index (χ4n) is 1.59. The lowest BCUT2D eigenvalue weighted by Crippen LogP contribution is -2.41. The zero-order valence-electron chi connectivity index (χ0n) is 11.2. The summed E-state index contributed by atoms with van der Waals surface area (Å²) in [5, 5.41) is 0. The van der Waals surface area contributed by atoms with Gasteiger partial charge in [-0.2, -0.15) is 0 Å². The second-order valence-electron chi connectivity index (χ2n) is 4.10. The number of methoxy groups -OCH3 is 1. The van der Waals surface area contributed by atoms with Gasteiger partial charge in [0.2, 0.25) is 0 Å². The summed E-state index contributed by atoms with van der Waals surface area (Å²) in [6.07, 6.45) is 0. The van der Waals surface area contributed by atoms with Crippen molar-refractivity contribution >= 4 is 15.9 Å². The summed E-state index contributed by atoms with van der Waals surface area (Å²) >= 11 is 0. The maximum absolute atomic E-state index is 12.0. The predicted octanol–water partition coefficient (Wildman–Crippen LogP) is 1.32. The van der Waals surface area contributed by atoms with E-state index in [4.69, 9.17) is 4.74 Å². The van der Waals surface area contributed by atoms with Crippen LogP contribution >= 0.6 is 0 Å². The first-order valence-electron chi connectivity index (χ1n) is 6.04. The molecule has 0 saturated heterocycles. The average molecular weight is 306 g/mol. The molecule has 2 rings (SSSR count). The minimum Gasteiger partial charge on any atom is -0.497 e. The SMILES string of the molecule is COc1ccc(S(=O)(=O)NNC(=O)c2ccccc2)cc1. The highest BCUT2D eigenvalue weighted by molar-refractivity contribution is 7.89. The number of sulfonamides is 1. The van der Waals surface area contributed by atoms with Crippen LogP contribution in [0, 0.1) is 0 Å². The van der Waals surface area contributed by atoms with Gasteiger partial charge in [0, 0.05) is 5.56 Å². The van der Waals surface area contributed by atoms with Crippen LogP contribution in [0.1, 0.15) is 10.4 Å². The second kappa shape index (κ2) is 6.38. The highest BCUT2D eigenvalue weighted by atomic mass is 32.2. The molecule has 0 aliphatic heterocycles. The van der Waals surface area contributed by atoms with E-state index in [1.54, 1.807) is 30.3 Å². The standard InChI is InChI=1S/C14H14N2O4S/c1-20-12-7-9-13(10-8-12)21(18,19)16-15-14(17)11-5-3-2-4-6-11/h2-10,16H,1H3,(H,15,17). The van der Waals surface area contributed by atoms with E-state index in [9.17, 15) is 13.2 Å². The Kier molecular flexibility index (Phi) is 4.56. The van der Waals surface area contributed by atoms with Gasteiger partial charge in [-0.15, -0.1) is 4.83 Å². The van der Waals surface area contributed by atoms with Crippen molar-refractivity contribution in [2.75, 3.05) is 7.11 Å². The Hall–Kier alpha value is -2.38. The van der Waals surface area contributed by atoms with Gasteiger partial charge < -0.3 is 4.74 Å². The first-order chi connectivity index (χ1) is 10.0. The Morgan fingerprint density at radius 3 is 2.19 bits per heavy atom. The molecule has 0 saturated carbocycles. The Labute approximate surface area is 122 Å². The van der Waals surface area contributed by atoms with E-state index in [0.717, 1.165) is 0 Å². The number of carbonyl (C=O) groups excluding carboxylic acids is 1. The fraction of sp³-hybridized carbons (Fsp3) is 0.0714. The summed E-state index contributed by atoms with van der Waals surface area (Å²) in [5.41, 5.74) is 2.51. The van der Waals surface area contributed by atoms with Crippen LogP contribution in [0.25, 0.3) is 0 Å². The quantitative estimate of drug-likeness (QED) is 0.816. The molecule has 0 fully saturated rings. The van der Waals surface area contributed by atoms with Gasteiger partial charge in [-0.25, -0.2) is 8.42 Å². The summed E-state index contributed by atoms with van der Waals surface area (Å²) in [5.74, 6) is 0.00922. The minimum atomic E-state index is -3.83. The van der Waals surface area contributed by atoms with Gasteiger partial charge in [0.05, 0.1) is 12.0 Å². The van der Waals surface area contributed by atoms with Crippen LogP contribution in [0.4, 0.5) is 0 Å². The van der Waals surface area contributed by atoms with Crippen molar-refractivity contribution in [1.29, 1.82) is 0 Å². The zero-order valence-corrected chi connectivity index (χ0v) is 12.1. The number of ether oxygens (including phenoxy) is 1. The molecule has 0 aliphatic carbocycles. The molecule has 110 valence electrons. The molecule has 1 amide bonds. The maximum atomic E-state index is 12.0. The molecule has 6 nitrogen and oxygen atoms in total. The van der Waals surface area contributed by atoms with Crippen LogP contribution in [0.3, 0.4) is 0 Å². The summed E-state index contributed by atoms with van der Waals surface area (Å²) in [6.45, 7) is 0. The van der Waals surface area contributed by atoms with Crippen LogP contribution in [0.5, 0.6) is 5.75 Å². The number of amides is 1. The Morgan fingerprint density at radius 2 is 1.62 bits per heavy atom. The van der Waals surface area contributed by atoms with E-state index in [-0.39, 0.29) is 4.90 Å². The van der Waals surface area contributed by atoms with Crippen LogP contribution in [0.2, 0.25) is 0 Å². The summed E-state index contributed by atoms with van der Waals surface area (Å²) in [4.78, 5) is 13.8. The van der Waals surface area contributed by atoms with Gasteiger partial charge in [0.1, 0.15) is 5.75 Å². The average Bonchev–Trinajstić information content (AvgIpc) is 2.53. The molecule has 0 heterocycles. The number of hydrogen-bond acceptors (Lipinski definition) is 4. The summed E-state index contributed by atoms with van der Waals surface area (Å²) < 4.78 is 29.0. The van der Waals surface area contributed by atoms with Crippen molar-refractivity contribution in [1.82, 2.24) is 10.3 Å². The van der Waals surface area contributed by atoms with Crippen LogP contribution in [-0.4, -0.2) is 21.4 Å². The smallest absolute Gasteiger partial charge is 0.266 e. The molecule has 0 bridgehead atoms. The molecular formula is C14H14N2O4S. The van der Waals surface area contributed by atoms with Gasteiger partial charge in [0.15, 0.2) is 0 Å². The molecule has 2 aromatic carbocycles. The Morgan fingerprint density at radius 1 is 1.00 bits per heavy atom. The van der Waals surface area contributed by atoms with Gasteiger partial charge >= 0.3 is 0 Å². The molecule has 0 radical (unpaired) electrons. The lowest BCUT2D eigenvalue weighted by molar-refractivity contribution is 0.0945. The number of hydrogen-bond donors (Lipinski definition) is 2. The number of carbonyl (C=O) groups is 1. The van der Waals surface area contributed by atoms with Crippen molar-refractivity contribution in [3.05, 3.63) is 60.2 Å². The Bertz CT molecular complexity index is 712. The van der Waals surface area contributed by atoms with E-state index in [2.05, 4.69) is 5.43 Å². The maximum Gasteiger partial charge on any atom is 0.266 e. The van der Waals surface area contributed by atoms with E-state index >= 15 is 0 Å². The largest absolute Gasteiger partial charge is 0.497 e. The van der Waals surface area contributed by atoms with Gasteiger partial charge in [-0.05, 0) is 36.4 Å². The number of rotatable bonds is 5. The molecule has 2 aromatic rings. The first kappa shape index (κ1) is 15.0. The van der Waals surface area contributed by atoms with Gasteiger partial charge in [-0.3, -0.25) is 10.2 Å². The van der Waals surface area contributed by atoms with Crippen LogP contribution < -0.4 is 15.0 Å². The van der Waals surface area contributed by atoms with Crippen molar-refractivity contribution in [3.63, 3.8) is 0 Å². The molecule has 0 unspecified atom stereocenters. The highest BCUT2D eigenvalue weighted by Crippen LogP contribution is 2.14. The third-order valence-corrected chi connectivity index (χ3v) is 3.97. The lowest BCUT2D eigenvalue weighted by Gasteiger charge is -2.09. The van der Waals surface area contributed by atoms with E-state index in [0.29, 0.717) is 11.3 Å². The van der Waals surface area contributed by atoms with Crippen molar-refractivity contribution in [2.24, 2.45) is 0 Å². The molecule has 0 spiro atoms. The third-order valence-electron chi connectivity index (χ3n) is 2.70. The van der Waals surface area contributed by atoms with Crippen molar-refractivity contribution < 1.29 is 17.9 Å². The van der Waals surface area contributed by atoms with E-state index in [1.807, 2.05) is 4.83 Å². The van der Waals surface area contributed by atoms with Gasteiger partial charge in [-0.1, -0.05) is 18.2 Å². The van der Waals surface area contributed by atoms with E-state index < -0.39 is 15.9 Å². The third kappa shape index (κ3) is 3.80. The van der Waals surface area contributed by atoms with Crippen LogP contribution in [-0.2, 0) is 10.0 Å². The van der Waals surface area contributed by atoms with Crippen molar-refractivity contribution in [2.45, 2.75) is 4.90 Å². The molecule has 0 aromatic heterocycles. The molecule has 0 atom stereocenters. The number of benzene rings is 2. The molecule has 0 aliphatic rings. The zero-order chi connectivity index (χ0) is 15.3. The monoisotopic (exact) mass is 306 g/mol. The first-order valence-corrected chi connectivity index (χ1v) is 7.52. The topological polar surface area (TPSA) is 84.5 Å². The normalized spacial score (nSPS) is 10.9. The second-order valence-corrected chi connectivity index (χ2v) is 5.78. The van der Waals surface area contributed by atoms with Crippen molar-refractivity contribution in [3.8, 4) is 5.75 Å². The molecule has 21 heavy (non-hydrogen) atoms. The molecular weight excluding hydrogens is 292 g/mol. The summed E-state index contributed by atoms with van der Waals surface area (Å²) in [6, 6.07) is 14.1. The lowest BCUT2D eigenvalue weighted by atomic mass is 10.2. The number of nitrogens with one attached hydrogen (secondary N) is 2. The Balaban J connectivity index is 2.05. The number of hydrazine groups is 1. The summed E-state index contributed by atoms with van der Waals surface area (Å²) in [7, 11) is -2.34. The van der Waals surface area contributed by atoms with Gasteiger partial charge in [0.25, 0.3) is 15.9 Å². The fourth-order valence-corrected chi connectivity index (χ4v) is 2.43. The van der Waals surface area contributed by atoms with E-state index in [1.165, 1.54) is 31.4 Å². The predicted molar refractivity (Wildman–Crippen MR) is 77.2 cm³/mol. The highest BCUT2D eigenvalue weighted by Gasteiger charge is 2.15. The molecule has 2 N–H and O–H groups in total. The molecule has 7 heteroatoms.